The van der Waals surface area contributed by atoms with Gasteiger partial charge >= 0.3 is 5.97 Å². The van der Waals surface area contributed by atoms with E-state index in [0.29, 0.717) is 5.56 Å². The number of ketones is 1. The van der Waals surface area contributed by atoms with Crippen molar-refractivity contribution < 1.29 is 28.3 Å². The Morgan fingerprint density at radius 2 is 1.57 bits per heavy atom. The van der Waals surface area contributed by atoms with E-state index in [9.17, 15) is 28.4 Å². The van der Waals surface area contributed by atoms with Gasteiger partial charge in [0.05, 0.1) is 6.42 Å². The number of nitrogens with zero attached hydrogens (tertiary/aromatic N) is 2. The van der Waals surface area contributed by atoms with Gasteiger partial charge in [-0.3, -0.25) is 24.0 Å². The van der Waals surface area contributed by atoms with Crippen molar-refractivity contribution in [3.05, 3.63) is 100 Å². The molecule has 210 valence electrons. The maximum absolute atomic E-state index is 13.8. The zero-order valence-corrected chi connectivity index (χ0v) is 22.6. The SMILES string of the molecule is CC(C)(C)OC(=O)C[C@H](C(=O)CF)N(C(=O)CCc1ccccc1)n1cccc(NC(=O)c2ccccc2)c1=O. The molecule has 0 fully saturated rings. The average molecular weight is 550 g/mol. The summed E-state index contributed by atoms with van der Waals surface area (Å²) in [5.41, 5.74) is -0.807. The van der Waals surface area contributed by atoms with Gasteiger partial charge in [0, 0.05) is 18.2 Å². The Morgan fingerprint density at radius 3 is 2.17 bits per heavy atom. The van der Waals surface area contributed by atoms with E-state index in [1.807, 2.05) is 18.2 Å². The molecule has 1 heterocycles. The maximum Gasteiger partial charge on any atom is 0.308 e. The molecule has 1 N–H and O–H groups in total. The van der Waals surface area contributed by atoms with Crippen LogP contribution in [0.4, 0.5) is 10.1 Å². The summed E-state index contributed by atoms with van der Waals surface area (Å²) in [7, 11) is 0. The zero-order valence-electron chi connectivity index (χ0n) is 22.6. The number of rotatable bonds is 11. The van der Waals surface area contributed by atoms with Crippen molar-refractivity contribution in [2.75, 3.05) is 17.0 Å². The molecule has 0 aliphatic rings. The first-order valence-corrected chi connectivity index (χ1v) is 12.7. The molecule has 10 heteroatoms. The third kappa shape index (κ3) is 8.20. The lowest BCUT2D eigenvalue weighted by molar-refractivity contribution is -0.156. The number of carbonyl (C=O) groups is 4. The zero-order chi connectivity index (χ0) is 29.3. The number of aromatic nitrogens is 1. The Labute approximate surface area is 231 Å². The fourth-order valence-electron chi connectivity index (χ4n) is 3.95. The first-order chi connectivity index (χ1) is 19.0. The number of ether oxygens (including phenoxy) is 1. The van der Waals surface area contributed by atoms with Crippen molar-refractivity contribution in [1.29, 1.82) is 0 Å². The molecule has 0 unspecified atom stereocenters. The van der Waals surface area contributed by atoms with Crippen LogP contribution in [0.1, 0.15) is 49.5 Å². The van der Waals surface area contributed by atoms with E-state index < -0.39 is 53.9 Å². The van der Waals surface area contributed by atoms with Gasteiger partial charge in [0.1, 0.15) is 24.0 Å². The van der Waals surface area contributed by atoms with Crippen LogP contribution in [0.3, 0.4) is 0 Å². The molecule has 0 aliphatic heterocycles. The van der Waals surface area contributed by atoms with Gasteiger partial charge in [-0.2, -0.15) is 0 Å². The fraction of sp³-hybridized carbons (Fsp3) is 0.300. The minimum Gasteiger partial charge on any atom is -0.460 e. The lowest BCUT2D eigenvalue weighted by atomic mass is 10.1. The molecule has 9 nitrogen and oxygen atoms in total. The standard InChI is InChI=1S/C30H32FN3O6/c1-30(2,3)40-27(37)19-24(25(35)20-31)34(26(36)17-16-21-11-6-4-7-12-21)33-18-10-15-23(29(33)39)32-28(38)22-13-8-5-9-14-22/h4-15,18,24H,16-17,19-20H2,1-3H3,(H,32,38)/t24-/m1/s1. The van der Waals surface area contributed by atoms with Gasteiger partial charge in [-0.05, 0) is 57.0 Å². The first kappa shape index (κ1) is 29.9. The van der Waals surface area contributed by atoms with E-state index in [0.717, 1.165) is 15.2 Å². The Kier molecular flexibility index (Phi) is 10.1. The lowest BCUT2D eigenvalue weighted by Crippen LogP contribution is -2.57. The normalized spacial score (nSPS) is 11.8. The second-order valence-corrected chi connectivity index (χ2v) is 10.0. The molecule has 40 heavy (non-hydrogen) atoms. The van der Waals surface area contributed by atoms with Crippen LogP contribution in [0, 0.1) is 0 Å². The molecule has 1 atom stereocenters. The summed E-state index contributed by atoms with van der Waals surface area (Å²) in [4.78, 5) is 65.3. The highest BCUT2D eigenvalue weighted by Crippen LogP contribution is 2.16. The predicted octanol–water partition coefficient (Wildman–Crippen LogP) is 3.84. The number of alkyl halides is 1. The lowest BCUT2D eigenvalue weighted by Gasteiger charge is -2.32. The highest BCUT2D eigenvalue weighted by molar-refractivity contribution is 6.04. The van der Waals surface area contributed by atoms with Crippen LogP contribution in [0.15, 0.2) is 83.8 Å². The van der Waals surface area contributed by atoms with Gasteiger partial charge in [0.15, 0.2) is 5.78 Å². The van der Waals surface area contributed by atoms with Crippen LogP contribution in [0.5, 0.6) is 0 Å². The number of pyridine rings is 1. The molecule has 2 aromatic carbocycles. The van der Waals surface area contributed by atoms with Gasteiger partial charge in [0.2, 0.25) is 5.91 Å². The number of carbonyl (C=O) groups excluding carboxylic acids is 4. The average Bonchev–Trinajstić information content (AvgIpc) is 2.93. The van der Waals surface area contributed by atoms with E-state index in [4.69, 9.17) is 4.74 Å². The second-order valence-electron chi connectivity index (χ2n) is 10.0. The molecule has 0 radical (unpaired) electrons. The molecule has 1 aromatic heterocycles. The summed E-state index contributed by atoms with van der Waals surface area (Å²) in [6, 6.07) is 18.3. The van der Waals surface area contributed by atoms with Gasteiger partial charge in [0.25, 0.3) is 11.5 Å². The molecular weight excluding hydrogens is 517 g/mol. The van der Waals surface area contributed by atoms with Crippen molar-refractivity contribution in [1.82, 2.24) is 4.68 Å². The molecule has 3 rings (SSSR count). The van der Waals surface area contributed by atoms with Crippen LogP contribution in [0.25, 0.3) is 0 Å². The van der Waals surface area contributed by atoms with E-state index in [1.54, 1.807) is 63.2 Å². The van der Waals surface area contributed by atoms with Gasteiger partial charge in [-0.1, -0.05) is 48.5 Å². The minimum absolute atomic E-state index is 0.151. The molecular formula is C30H32FN3O6. The number of Topliss-reactive ketones (excluding diaryl/α,β-unsaturated/α-hetero) is 1. The second kappa shape index (κ2) is 13.5. The summed E-state index contributed by atoms with van der Waals surface area (Å²) in [6.07, 6.45) is 0.651. The third-order valence-corrected chi connectivity index (χ3v) is 5.75. The Morgan fingerprint density at radius 1 is 0.950 bits per heavy atom. The largest absolute Gasteiger partial charge is 0.460 e. The van der Waals surface area contributed by atoms with Crippen molar-refractivity contribution in [3.63, 3.8) is 0 Å². The van der Waals surface area contributed by atoms with Crippen LogP contribution < -0.4 is 15.9 Å². The maximum atomic E-state index is 13.8. The van der Waals surface area contributed by atoms with Crippen molar-refractivity contribution >= 4 is 29.3 Å². The third-order valence-electron chi connectivity index (χ3n) is 5.75. The first-order valence-electron chi connectivity index (χ1n) is 12.7. The van der Waals surface area contributed by atoms with Crippen LogP contribution in [-0.2, 0) is 25.5 Å². The number of halogens is 1. The number of aryl methyl sites for hydroxylation is 1. The summed E-state index contributed by atoms with van der Waals surface area (Å²) in [5.74, 6) is -3.19. The summed E-state index contributed by atoms with van der Waals surface area (Å²) in [5, 5.41) is 3.30. The molecule has 0 saturated heterocycles. The smallest absolute Gasteiger partial charge is 0.308 e. The number of nitrogens with one attached hydrogen (secondary N) is 1. The summed E-state index contributed by atoms with van der Waals surface area (Å²) < 4.78 is 19.9. The van der Waals surface area contributed by atoms with Crippen molar-refractivity contribution in [3.8, 4) is 0 Å². The summed E-state index contributed by atoms with van der Waals surface area (Å²) in [6.45, 7) is 3.41. The summed E-state index contributed by atoms with van der Waals surface area (Å²) >= 11 is 0. The van der Waals surface area contributed by atoms with Gasteiger partial charge < -0.3 is 10.1 Å². The number of anilines is 1. The Hall–Kier alpha value is -4.60. The highest BCUT2D eigenvalue weighted by Gasteiger charge is 2.35. The number of amides is 2. The fourth-order valence-corrected chi connectivity index (χ4v) is 3.95. The van der Waals surface area contributed by atoms with Gasteiger partial charge in [-0.15, -0.1) is 0 Å². The predicted molar refractivity (Wildman–Crippen MR) is 148 cm³/mol. The minimum atomic E-state index is -1.67. The van der Waals surface area contributed by atoms with E-state index >= 15 is 0 Å². The number of benzene rings is 2. The molecule has 0 bridgehead atoms. The molecule has 0 aliphatic carbocycles. The van der Waals surface area contributed by atoms with Crippen molar-refractivity contribution in [2.24, 2.45) is 0 Å². The highest BCUT2D eigenvalue weighted by atomic mass is 19.1. The molecule has 3 aromatic rings. The molecule has 0 saturated carbocycles. The van der Waals surface area contributed by atoms with Gasteiger partial charge in [-0.25, -0.2) is 14.1 Å². The molecule has 2 amide bonds. The number of hydrogen-bond acceptors (Lipinski definition) is 6. The Balaban J connectivity index is 2.02. The van der Waals surface area contributed by atoms with E-state index in [2.05, 4.69) is 5.32 Å². The van der Waals surface area contributed by atoms with Crippen LogP contribution >= 0.6 is 0 Å². The Bertz CT molecular complexity index is 1400. The number of hydrogen-bond donors (Lipinski definition) is 1. The molecule has 0 spiro atoms. The van der Waals surface area contributed by atoms with Crippen LogP contribution in [-0.4, -0.2) is 46.6 Å². The topological polar surface area (TPSA) is 115 Å². The number of esters is 1. The quantitative estimate of drug-likeness (QED) is 0.364. The van der Waals surface area contributed by atoms with Crippen LogP contribution in [0.2, 0.25) is 0 Å². The van der Waals surface area contributed by atoms with Crippen molar-refractivity contribution in [2.45, 2.75) is 51.7 Å². The van der Waals surface area contributed by atoms with E-state index in [-0.39, 0.29) is 18.5 Å². The van der Waals surface area contributed by atoms with E-state index in [1.165, 1.54) is 18.3 Å². The monoisotopic (exact) mass is 549 g/mol.